The van der Waals surface area contributed by atoms with Crippen LogP contribution in [0.25, 0.3) is 0 Å². The van der Waals surface area contributed by atoms with Gasteiger partial charge >= 0.3 is 0 Å². The van der Waals surface area contributed by atoms with E-state index in [1.54, 1.807) is 6.07 Å². The van der Waals surface area contributed by atoms with Crippen molar-refractivity contribution in [3.05, 3.63) is 63.6 Å². The quantitative estimate of drug-likeness (QED) is 0.813. The number of rotatable bonds is 2. The Morgan fingerprint density at radius 1 is 1.19 bits per heavy atom. The average molecular weight is 355 g/mol. The smallest absolute Gasteiger partial charge is 0.146 e. The summed E-state index contributed by atoms with van der Waals surface area (Å²) in [5, 5.41) is 10.5. The largest absolute Gasteiger partial charge is 0.493 e. The number of para-hydroxylation sites is 1. The molecular formula is C16H13BrF2O2. The van der Waals surface area contributed by atoms with E-state index in [9.17, 15) is 13.9 Å². The van der Waals surface area contributed by atoms with Gasteiger partial charge in [0.2, 0.25) is 0 Å². The van der Waals surface area contributed by atoms with Crippen molar-refractivity contribution in [1.82, 2.24) is 0 Å². The summed E-state index contributed by atoms with van der Waals surface area (Å²) in [5.41, 5.74) is 0.473. The van der Waals surface area contributed by atoms with Gasteiger partial charge in [0.05, 0.1) is 22.7 Å². The minimum Gasteiger partial charge on any atom is -0.493 e. The Hall–Kier alpha value is -1.46. The zero-order chi connectivity index (χ0) is 15.0. The molecule has 1 N–H and O–H groups in total. The molecule has 2 unspecified atom stereocenters. The van der Waals surface area contributed by atoms with Crippen LogP contribution < -0.4 is 4.74 Å². The number of hydrogen-bond acceptors (Lipinski definition) is 2. The molecule has 1 aliphatic heterocycles. The summed E-state index contributed by atoms with van der Waals surface area (Å²) < 4.78 is 33.8. The molecule has 0 saturated heterocycles. The van der Waals surface area contributed by atoms with E-state index in [2.05, 4.69) is 15.9 Å². The molecule has 1 aliphatic rings. The fraction of sp³-hybridized carbons (Fsp3) is 0.250. The maximum atomic E-state index is 14.2. The number of ether oxygens (including phenoxy) is 1. The zero-order valence-corrected chi connectivity index (χ0v) is 12.6. The monoisotopic (exact) mass is 354 g/mol. The molecule has 1 heterocycles. The Labute approximate surface area is 129 Å². The number of halogens is 3. The van der Waals surface area contributed by atoms with Crippen LogP contribution in [0.2, 0.25) is 0 Å². The van der Waals surface area contributed by atoms with Crippen LogP contribution >= 0.6 is 15.9 Å². The van der Waals surface area contributed by atoms with E-state index in [-0.39, 0.29) is 10.0 Å². The predicted molar refractivity (Wildman–Crippen MR) is 78.3 cm³/mol. The van der Waals surface area contributed by atoms with Gasteiger partial charge in [0, 0.05) is 11.5 Å². The van der Waals surface area contributed by atoms with Crippen molar-refractivity contribution >= 4 is 15.9 Å². The first kappa shape index (κ1) is 14.5. The number of aliphatic hydroxyl groups excluding tert-OH is 1. The number of benzene rings is 2. The molecule has 5 heteroatoms. The normalized spacial score (nSPS) is 18.8. The van der Waals surface area contributed by atoms with Crippen molar-refractivity contribution in [2.24, 2.45) is 0 Å². The lowest BCUT2D eigenvalue weighted by Crippen LogP contribution is -2.21. The minimum absolute atomic E-state index is 0.137. The van der Waals surface area contributed by atoms with E-state index in [0.717, 1.165) is 11.6 Å². The molecule has 0 fully saturated rings. The highest BCUT2D eigenvalue weighted by Crippen LogP contribution is 2.43. The summed E-state index contributed by atoms with van der Waals surface area (Å²) in [4.78, 5) is 0. The average Bonchev–Trinajstić information content (AvgIpc) is 2.50. The van der Waals surface area contributed by atoms with Crippen LogP contribution in [0.1, 0.15) is 29.6 Å². The number of hydrogen-bond donors (Lipinski definition) is 1. The third-order valence-corrected chi connectivity index (χ3v) is 4.37. The molecule has 0 radical (unpaired) electrons. The third-order valence-electron chi connectivity index (χ3n) is 3.76. The maximum absolute atomic E-state index is 14.2. The predicted octanol–water partition coefficient (Wildman–Crippen LogP) is 4.33. The Balaban J connectivity index is 2.05. The summed E-state index contributed by atoms with van der Waals surface area (Å²) in [5.74, 6) is -1.24. The molecule has 2 aromatic carbocycles. The lowest BCUT2D eigenvalue weighted by molar-refractivity contribution is 0.110. The van der Waals surface area contributed by atoms with Crippen molar-refractivity contribution in [3.8, 4) is 5.75 Å². The molecule has 2 atom stereocenters. The first-order valence-corrected chi connectivity index (χ1v) is 7.42. The van der Waals surface area contributed by atoms with E-state index in [1.165, 1.54) is 6.07 Å². The van der Waals surface area contributed by atoms with Crippen LogP contribution in [0.4, 0.5) is 8.78 Å². The standard InChI is InChI=1S/C16H13BrF2O2/c17-11-5-6-12(18)14(15(11)19)16(20)10-7-8-21-13-4-2-1-3-9(10)13/h1-6,10,16,20H,7-8H2. The lowest BCUT2D eigenvalue weighted by Gasteiger charge is -2.30. The summed E-state index contributed by atoms with van der Waals surface area (Å²) in [6.45, 7) is 0.413. The molecule has 2 aromatic rings. The van der Waals surface area contributed by atoms with Crippen molar-refractivity contribution in [1.29, 1.82) is 0 Å². The van der Waals surface area contributed by atoms with Crippen LogP contribution in [0.5, 0.6) is 5.75 Å². The van der Waals surface area contributed by atoms with Gasteiger partial charge in [-0.1, -0.05) is 18.2 Å². The number of aliphatic hydroxyl groups is 1. The van der Waals surface area contributed by atoms with Crippen LogP contribution in [-0.4, -0.2) is 11.7 Å². The van der Waals surface area contributed by atoms with Gasteiger partial charge in [-0.3, -0.25) is 0 Å². The minimum atomic E-state index is -1.26. The van der Waals surface area contributed by atoms with Crippen molar-refractivity contribution in [2.45, 2.75) is 18.4 Å². The van der Waals surface area contributed by atoms with E-state index >= 15 is 0 Å². The molecule has 0 bridgehead atoms. The summed E-state index contributed by atoms with van der Waals surface area (Å²) in [6.07, 6.45) is -0.753. The fourth-order valence-electron chi connectivity index (χ4n) is 2.71. The second kappa shape index (κ2) is 5.73. The van der Waals surface area contributed by atoms with E-state index < -0.39 is 23.7 Å². The Morgan fingerprint density at radius 3 is 2.76 bits per heavy atom. The molecule has 110 valence electrons. The molecule has 0 saturated carbocycles. The van der Waals surface area contributed by atoms with E-state index in [0.29, 0.717) is 18.8 Å². The van der Waals surface area contributed by atoms with Gasteiger partial charge in [0.15, 0.2) is 0 Å². The molecular weight excluding hydrogens is 342 g/mol. The van der Waals surface area contributed by atoms with Gasteiger partial charge in [0.25, 0.3) is 0 Å². The van der Waals surface area contributed by atoms with Gasteiger partial charge in [-0.15, -0.1) is 0 Å². The van der Waals surface area contributed by atoms with Gasteiger partial charge in [-0.2, -0.15) is 0 Å². The zero-order valence-electron chi connectivity index (χ0n) is 11.0. The van der Waals surface area contributed by atoms with Crippen molar-refractivity contribution in [3.63, 3.8) is 0 Å². The molecule has 21 heavy (non-hydrogen) atoms. The Bertz CT molecular complexity index is 675. The topological polar surface area (TPSA) is 29.5 Å². The highest BCUT2D eigenvalue weighted by atomic mass is 79.9. The van der Waals surface area contributed by atoms with Gasteiger partial charge in [0.1, 0.15) is 17.4 Å². The summed E-state index contributed by atoms with van der Waals surface area (Å²) >= 11 is 3.03. The molecule has 0 spiro atoms. The first-order chi connectivity index (χ1) is 10.1. The lowest BCUT2D eigenvalue weighted by atomic mass is 9.84. The number of fused-ring (bicyclic) bond motifs is 1. The Kier molecular flexibility index (Phi) is 3.95. The van der Waals surface area contributed by atoms with Crippen LogP contribution in [0.15, 0.2) is 40.9 Å². The van der Waals surface area contributed by atoms with Gasteiger partial charge < -0.3 is 9.84 Å². The van der Waals surface area contributed by atoms with E-state index in [1.807, 2.05) is 18.2 Å². The van der Waals surface area contributed by atoms with Crippen LogP contribution in [-0.2, 0) is 0 Å². The fourth-order valence-corrected chi connectivity index (χ4v) is 3.06. The van der Waals surface area contributed by atoms with Gasteiger partial charge in [-0.05, 0) is 40.5 Å². The molecule has 3 rings (SSSR count). The second-order valence-electron chi connectivity index (χ2n) is 4.98. The Morgan fingerprint density at radius 2 is 1.95 bits per heavy atom. The second-order valence-corrected chi connectivity index (χ2v) is 5.84. The van der Waals surface area contributed by atoms with Crippen molar-refractivity contribution in [2.75, 3.05) is 6.61 Å². The maximum Gasteiger partial charge on any atom is 0.146 e. The third kappa shape index (κ3) is 2.56. The highest BCUT2D eigenvalue weighted by Gasteiger charge is 2.32. The molecule has 0 aliphatic carbocycles. The molecule has 0 amide bonds. The highest BCUT2D eigenvalue weighted by molar-refractivity contribution is 9.10. The van der Waals surface area contributed by atoms with Gasteiger partial charge in [-0.25, -0.2) is 8.78 Å². The van der Waals surface area contributed by atoms with Crippen molar-refractivity contribution < 1.29 is 18.6 Å². The molecule has 0 aromatic heterocycles. The van der Waals surface area contributed by atoms with Crippen LogP contribution in [0.3, 0.4) is 0 Å². The SMILES string of the molecule is OC(c1c(F)ccc(Br)c1F)C1CCOc2ccccc21. The molecule has 2 nitrogen and oxygen atoms in total. The summed E-state index contributed by atoms with van der Waals surface area (Å²) in [7, 11) is 0. The first-order valence-electron chi connectivity index (χ1n) is 6.62. The van der Waals surface area contributed by atoms with E-state index in [4.69, 9.17) is 4.74 Å². The van der Waals surface area contributed by atoms with Crippen LogP contribution in [0, 0.1) is 11.6 Å². The summed E-state index contributed by atoms with van der Waals surface area (Å²) in [6, 6.07) is 9.70.